The van der Waals surface area contributed by atoms with Gasteiger partial charge in [-0.15, -0.1) is 0 Å². The SMILES string of the molecule is NC(=O)CN(CC(=O)O)C(=O)N1CCN2CCCC2C1. The number of rotatable bonds is 4. The molecule has 0 bridgehead atoms. The van der Waals surface area contributed by atoms with Crippen LogP contribution in [-0.4, -0.2) is 83.0 Å². The summed E-state index contributed by atoms with van der Waals surface area (Å²) < 4.78 is 0. The number of piperazine rings is 1. The molecule has 2 aliphatic heterocycles. The van der Waals surface area contributed by atoms with Gasteiger partial charge >= 0.3 is 12.0 Å². The number of hydrogen-bond acceptors (Lipinski definition) is 4. The van der Waals surface area contributed by atoms with Crippen molar-refractivity contribution >= 4 is 17.9 Å². The highest BCUT2D eigenvalue weighted by Crippen LogP contribution is 2.22. The topological polar surface area (TPSA) is 107 Å². The quantitative estimate of drug-likeness (QED) is 0.671. The number of carboxylic acid groups (broad SMARTS) is 1. The first-order valence-electron chi connectivity index (χ1n) is 6.75. The van der Waals surface area contributed by atoms with E-state index >= 15 is 0 Å². The van der Waals surface area contributed by atoms with Crippen molar-refractivity contribution < 1.29 is 19.5 Å². The van der Waals surface area contributed by atoms with E-state index in [0.717, 1.165) is 30.8 Å². The zero-order valence-electron chi connectivity index (χ0n) is 11.3. The van der Waals surface area contributed by atoms with E-state index in [9.17, 15) is 14.4 Å². The number of aliphatic carboxylic acids is 1. The molecule has 112 valence electrons. The van der Waals surface area contributed by atoms with Crippen molar-refractivity contribution in [2.24, 2.45) is 5.73 Å². The molecule has 2 aliphatic rings. The highest BCUT2D eigenvalue weighted by Gasteiger charge is 2.34. The molecule has 20 heavy (non-hydrogen) atoms. The molecular formula is C12H20N4O4. The van der Waals surface area contributed by atoms with Crippen molar-refractivity contribution in [1.29, 1.82) is 0 Å². The maximum absolute atomic E-state index is 12.3. The zero-order chi connectivity index (χ0) is 14.7. The van der Waals surface area contributed by atoms with E-state index in [4.69, 9.17) is 10.8 Å². The maximum atomic E-state index is 12.3. The van der Waals surface area contributed by atoms with Gasteiger partial charge in [-0.3, -0.25) is 14.5 Å². The second-order valence-electron chi connectivity index (χ2n) is 5.28. The van der Waals surface area contributed by atoms with Crippen LogP contribution in [0.3, 0.4) is 0 Å². The molecule has 0 aromatic carbocycles. The lowest BCUT2D eigenvalue weighted by atomic mass is 10.1. The zero-order valence-corrected chi connectivity index (χ0v) is 11.3. The van der Waals surface area contributed by atoms with Gasteiger partial charge in [-0.05, 0) is 19.4 Å². The Morgan fingerprint density at radius 2 is 1.95 bits per heavy atom. The predicted molar refractivity (Wildman–Crippen MR) is 70.0 cm³/mol. The molecule has 0 aliphatic carbocycles. The van der Waals surface area contributed by atoms with E-state index in [1.165, 1.54) is 0 Å². The lowest BCUT2D eigenvalue weighted by Crippen LogP contribution is -2.56. The minimum absolute atomic E-state index is 0.355. The first kappa shape index (κ1) is 14.6. The Morgan fingerprint density at radius 1 is 1.20 bits per heavy atom. The van der Waals surface area contributed by atoms with E-state index in [1.54, 1.807) is 4.90 Å². The molecule has 2 rings (SSSR count). The van der Waals surface area contributed by atoms with Crippen LogP contribution in [-0.2, 0) is 9.59 Å². The molecule has 2 fully saturated rings. The number of nitrogens with two attached hydrogens (primary N) is 1. The maximum Gasteiger partial charge on any atom is 0.323 e. The van der Waals surface area contributed by atoms with Crippen molar-refractivity contribution in [3.8, 4) is 0 Å². The Bertz CT molecular complexity index is 398. The monoisotopic (exact) mass is 284 g/mol. The van der Waals surface area contributed by atoms with Gasteiger partial charge in [0.15, 0.2) is 0 Å². The van der Waals surface area contributed by atoms with Crippen LogP contribution in [0.2, 0.25) is 0 Å². The summed E-state index contributed by atoms with van der Waals surface area (Å²) in [6.45, 7) is 2.14. The number of primary amides is 1. The molecule has 0 aromatic rings. The fourth-order valence-electron chi connectivity index (χ4n) is 2.91. The van der Waals surface area contributed by atoms with Crippen LogP contribution in [0.4, 0.5) is 4.79 Å². The molecule has 3 N–H and O–H groups in total. The van der Waals surface area contributed by atoms with Crippen molar-refractivity contribution in [1.82, 2.24) is 14.7 Å². The Hall–Kier alpha value is -1.83. The summed E-state index contributed by atoms with van der Waals surface area (Å²) in [5, 5.41) is 8.82. The summed E-state index contributed by atoms with van der Waals surface area (Å²) in [4.78, 5) is 39.0. The van der Waals surface area contributed by atoms with E-state index in [1.807, 2.05) is 0 Å². The number of nitrogens with zero attached hydrogens (tertiary/aromatic N) is 3. The highest BCUT2D eigenvalue weighted by molar-refractivity contribution is 5.86. The second-order valence-corrected chi connectivity index (χ2v) is 5.28. The molecule has 0 spiro atoms. The molecule has 0 radical (unpaired) electrons. The standard InChI is InChI=1S/C12H20N4O4/c13-10(17)7-16(8-11(18)19)12(20)15-5-4-14-3-1-2-9(14)6-15/h9H,1-8H2,(H2,13,17)(H,18,19). The van der Waals surface area contributed by atoms with Gasteiger partial charge in [-0.2, -0.15) is 0 Å². The van der Waals surface area contributed by atoms with Crippen LogP contribution in [0.25, 0.3) is 0 Å². The van der Waals surface area contributed by atoms with Crippen molar-refractivity contribution in [3.05, 3.63) is 0 Å². The first-order chi connectivity index (χ1) is 9.47. The summed E-state index contributed by atoms with van der Waals surface area (Å²) >= 11 is 0. The molecule has 3 amide bonds. The summed E-state index contributed by atoms with van der Waals surface area (Å²) in [5.74, 6) is -1.86. The third kappa shape index (κ3) is 3.38. The number of carbonyl (C=O) groups excluding carboxylic acids is 2. The third-order valence-corrected chi connectivity index (χ3v) is 3.80. The van der Waals surface area contributed by atoms with Crippen LogP contribution in [0, 0.1) is 0 Å². The number of amides is 3. The van der Waals surface area contributed by atoms with Crippen LogP contribution >= 0.6 is 0 Å². The fourth-order valence-corrected chi connectivity index (χ4v) is 2.91. The number of carbonyl (C=O) groups is 3. The van der Waals surface area contributed by atoms with Crippen LogP contribution in [0.1, 0.15) is 12.8 Å². The van der Waals surface area contributed by atoms with Crippen LogP contribution < -0.4 is 5.73 Å². The van der Waals surface area contributed by atoms with Gasteiger partial charge < -0.3 is 20.6 Å². The number of carboxylic acids is 1. The fraction of sp³-hybridized carbons (Fsp3) is 0.750. The normalized spacial score (nSPS) is 22.4. The Balaban J connectivity index is 1.99. The molecule has 8 nitrogen and oxygen atoms in total. The van der Waals surface area contributed by atoms with Gasteiger partial charge in [0.2, 0.25) is 5.91 Å². The van der Waals surface area contributed by atoms with Crippen LogP contribution in [0.15, 0.2) is 0 Å². The minimum Gasteiger partial charge on any atom is -0.480 e. The highest BCUT2D eigenvalue weighted by atomic mass is 16.4. The molecular weight excluding hydrogens is 264 g/mol. The van der Waals surface area contributed by atoms with E-state index < -0.39 is 24.5 Å². The Kier molecular flexibility index (Phi) is 4.43. The predicted octanol–water partition coefficient (Wildman–Crippen LogP) is -1.24. The second kappa shape index (κ2) is 6.08. The van der Waals surface area contributed by atoms with Gasteiger partial charge in [0, 0.05) is 25.7 Å². The Labute approximate surface area is 117 Å². The van der Waals surface area contributed by atoms with Crippen LogP contribution in [0.5, 0.6) is 0 Å². The molecule has 2 heterocycles. The van der Waals surface area contributed by atoms with E-state index in [0.29, 0.717) is 19.1 Å². The number of hydrogen-bond donors (Lipinski definition) is 2. The summed E-state index contributed by atoms with van der Waals surface area (Å²) in [7, 11) is 0. The van der Waals surface area contributed by atoms with Gasteiger partial charge in [0.1, 0.15) is 13.1 Å². The minimum atomic E-state index is -1.15. The number of urea groups is 1. The average Bonchev–Trinajstić information content (AvgIpc) is 2.83. The van der Waals surface area contributed by atoms with Crippen molar-refractivity contribution in [2.45, 2.75) is 18.9 Å². The third-order valence-electron chi connectivity index (χ3n) is 3.80. The summed E-state index contributed by atoms with van der Waals surface area (Å²) in [5.41, 5.74) is 5.07. The molecule has 0 saturated carbocycles. The molecule has 1 atom stereocenters. The average molecular weight is 284 g/mol. The van der Waals surface area contributed by atoms with Gasteiger partial charge in [-0.25, -0.2) is 4.79 Å². The van der Waals surface area contributed by atoms with E-state index in [2.05, 4.69) is 4.90 Å². The van der Waals surface area contributed by atoms with Gasteiger partial charge in [-0.1, -0.05) is 0 Å². The summed E-state index contributed by atoms with van der Waals surface area (Å²) in [6, 6.07) is -0.0642. The number of fused-ring (bicyclic) bond motifs is 1. The molecule has 1 unspecified atom stereocenters. The molecule has 2 saturated heterocycles. The van der Waals surface area contributed by atoms with E-state index in [-0.39, 0.29) is 6.54 Å². The molecule has 8 heteroatoms. The molecule has 0 aromatic heterocycles. The van der Waals surface area contributed by atoms with Crippen molar-refractivity contribution in [2.75, 3.05) is 39.3 Å². The lowest BCUT2D eigenvalue weighted by Gasteiger charge is -2.39. The van der Waals surface area contributed by atoms with Crippen molar-refractivity contribution in [3.63, 3.8) is 0 Å². The van der Waals surface area contributed by atoms with Gasteiger partial charge in [0.25, 0.3) is 0 Å². The largest absolute Gasteiger partial charge is 0.480 e. The Morgan fingerprint density at radius 3 is 2.60 bits per heavy atom. The first-order valence-corrected chi connectivity index (χ1v) is 6.75. The lowest BCUT2D eigenvalue weighted by molar-refractivity contribution is -0.138. The smallest absolute Gasteiger partial charge is 0.323 e. The summed E-state index contributed by atoms with van der Waals surface area (Å²) in [6.07, 6.45) is 2.19. The van der Waals surface area contributed by atoms with Gasteiger partial charge in [0.05, 0.1) is 0 Å².